The number of nitrogens with one attached hydrogen (secondary N) is 1. The number of hydrogen-bond donors (Lipinski definition) is 1. The molecule has 0 spiro atoms. The smallest absolute Gasteiger partial charge is 0.00966 e. The van der Waals surface area contributed by atoms with E-state index < -0.39 is 0 Å². The molecule has 2 fully saturated rings. The summed E-state index contributed by atoms with van der Waals surface area (Å²) in [6.07, 6.45) is 8.75. The van der Waals surface area contributed by atoms with Gasteiger partial charge in [0.25, 0.3) is 0 Å². The molecule has 2 nitrogen and oxygen atoms in total. The molecule has 1 aliphatic heterocycles. The van der Waals surface area contributed by atoms with Gasteiger partial charge in [-0.25, -0.2) is 0 Å². The maximum absolute atomic E-state index is 3.66. The van der Waals surface area contributed by atoms with E-state index in [0.29, 0.717) is 0 Å². The van der Waals surface area contributed by atoms with Gasteiger partial charge >= 0.3 is 0 Å². The maximum atomic E-state index is 3.66. The normalized spacial score (nSPS) is 24.8. The molecule has 0 radical (unpaired) electrons. The molecule has 1 N–H and O–H groups in total. The Hall–Kier alpha value is -0.0800. The monoisotopic (exact) mass is 252 g/mol. The Labute approximate surface area is 114 Å². The van der Waals surface area contributed by atoms with Gasteiger partial charge in [0.15, 0.2) is 0 Å². The standard InChI is InChI=1S/C16H32N2/c1-16(2,3)17-12-14-8-10-18(11-9-14)13-15-6-4-5-7-15/h14-15,17H,4-13H2,1-3H3. The third kappa shape index (κ3) is 4.89. The largest absolute Gasteiger partial charge is 0.312 e. The molecule has 1 aliphatic carbocycles. The van der Waals surface area contributed by atoms with Crippen LogP contribution in [0, 0.1) is 11.8 Å². The molecule has 1 saturated carbocycles. The molecule has 0 aromatic rings. The van der Waals surface area contributed by atoms with Crippen molar-refractivity contribution in [2.45, 2.75) is 64.8 Å². The molecule has 0 atom stereocenters. The van der Waals surface area contributed by atoms with Crippen molar-refractivity contribution in [1.29, 1.82) is 0 Å². The zero-order chi connectivity index (χ0) is 13.0. The fourth-order valence-corrected chi connectivity index (χ4v) is 3.38. The minimum Gasteiger partial charge on any atom is -0.312 e. The molecular weight excluding hydrogens is 220 g/mol. The van der Waals surface area contributed by atoms with E-state index in [-0.39, 0.29) is 5.54 Å². The lowest BCUT2D eigenvalue weighted by Crippen LogP contribution is -2.43. The fourth-order valence-electron chi connectivity index (χ4n) is 3.38. The summed E-state index contributed by atoms with van der Waals surface area (Å²) in [6.45, 7) is 12.1. The van der Waals surface area contributed by atoms with Gasteiger partial charge in [-0.3, -0.25) is 0 Å². The molecule has 0 aromatic heterocycles. The van der Waals surface area contributed by atoms with Gasteiger partial charge in [0.1, 0.15) is 0 Å². The molecule has 1 saturated heterocycles. The van der Waals surface area contributed by atoms with Crippen LogP contribution in [0.3, 0.4) is 0 Å². The molecule has 106 valence electrons. The molecule has 0 aromatic carbocycles. The average molecular weight is 252 g/mol. The minimum atomic E-state index is 0.279. The van der Waals surface area contributed by atoms with Crippen molar-refractivity contribution in [2.75, 3.05) is 26.2 Å². The molecule has 1 heterocycles. The van der Waals surface area contributed by atoms with Gasteiger partial charge in [0.2, 0.25) is 0 Å². The van der Waals surface area contributed by atoms with Gasteiger partial charge in [-0.05, 0) is 77.9 Å². The highest BCUT2D eigenvalue weighted by Crippen LogP contribution is 2.27. The molecule has 0 bridgehead atoms. The third-order valence-corrected chi connectivity index (χ3v) is 4.62. The summed E-state index contributed by atoms with van der Waals surface area (Å²) < 4.78 is 0. The van der Waals surface area contributed by atoms with Crippen LogP contribution in [0.25, 0.3) is 0 Å². The Kier molecular flexibility index (Phi) is 5.08. The molecular formula is C16H32N2. The molecule has 2 heteroatoms. The summed E-state index contributed by atoms with van der Waals surface area (Å²) >= 11 is 0. The third-order valence-electron chi connectivity index (χ3n) is 4.62. The van der Waals surface area contributed by atoms with Gasteiger partial charge in [0, 0.05) is 12.1 Å². The highest BCUT2D eigenvalue weighted by atomic mass is 15.1. The van der Waals surface area contributed by atoms with Crippen LogP contribution in [-0.2, 0) is 0 Å². The quantitative estimate of drug-likeness (QED) is 0.826. The summed E-state index contributed by atoms with van der Waals surface area (Å²) in [5.41, 5.74) is 0.279. The highest BCUT2D eigenvalue weighted by Gasteiger charge is 2.24. The van der Waals surface area contributed by atoms with Crippen molar-refractivity contribution in [3.63, 3.8) is 0 Å². The number of likely N-dealkylation sites (tertiary alicyclic amines) is 1. The van der Waals surface area contributed by atoms with Crippen LogP contribution in [0.5, 0.6) is 0 Å². The lowest BCUT2D eigenvalue weighted by atomic mass is 9.94. The van der Waals surface area contributed by atoms with E-state index in [0.717, 1.165) is 11.8 Å². The van der Waals surface area contributed by atoms with E-state index in [1.807, 2.05) is 0 Å². The van der Waals surface area contributed by atoms with Gasteiger partial charge in [-0.15, -0.1) is 0 Å². The number of piperidine rings is 1. The lowest BCUT2D eigenvalue weighted by Gasteiger charge is -2.35. The van der Waals surface area contributed by atoms with Crippen LogP contribution in [0.15, 0.2) is 0 Å². The summed E-state index contributed by atoms with van der Waals surface area (Å²) in [7, 11) is 0. The average Bonchev–Trinajstić information content (AvgIpc) is 2.80. The van der Waals surface area contributed by atoms with Crippen molar-refractivity contribution in [2.24, 2.45) is 11.8 Å². The zero-order valence-corrected chi connectivity index (χ0v) is 12.7. The summed E-state index contributed by atoms with van der Waals surface area (Å²) in [5, 5.41) is 3.66. The second-order valence-corrected chi connectivity index (χ2v) is 7.53. The van der Waals surface area contributed by atoms with E-state index >= 15 is 0 Å². The number of hydrogen-bond acceptors (Lipinski definition) is 2. The maximum Gasteiger partial charge on any atom is 0.00966 e. The predicted octanol–water partition coefficient (Wildman–Crippen LogP) is 3.28. The second kappa shape index (κ2) is 6.38. The van der Waals surface area contributed by atoms with E-state index in [2.05, 4.69) is 31.0 Å². The van der Waals surface area contributed by atoms with Crippen LogP contribution in [-0.4, -0.2) is 36.6 Å². The first kappa shape index (κ1) is 14.3. The van der Waals surface area contributed by atoms with Crippen LogP contribution in [0.2, 0.25) is 0 Å². The summed E-state index contributed by atoms with van der Waals surface area (Å²) in [4.78, 5) is 2.73. The van der Waals surface area contributed by atoms with E-state index in [1.165, 1.54) is 64.7 Å². The Morgan fingerprint density at radius 1 is 0.944 bits per heavy atom. The summed E-state index contributed by atoms with van der Waals surface area (Å²) in [5.74, 6) is 1.93. The first-order valence-corrected chi connectivity index (χ1v) is 8.00. The first-order chi connectivity index (χ1) is 8.53. The van der Waals surface area contributed by atoms with E-state index in [9.17, 15) is 0 Å². The first-order valence-electron chi connectivity index (χ1n) is 8.00. The number of nitrogens with zero attached hydrogens (tertiary/aromatic N) is 1. The minimum absolute atomic E-state index is 0.279. The van der Waals surface area contributed by atoms with Crippen LogP contribution >= 0.6 is 0 Å². The lowest BCUT2D eigenvalue weighted by molar-refractivity contribution is 0.156. The van der Waals surface area contributed by atoms with E-state index in [1.54, 1.807) is 0 Å². The topological polar surface area (TPSA) is 15.3 Å². The second-order valence-electron chi connectivity index (χ2n) is 7.53. The van der Waals surface area contributed by atoms with Gasteiger partial charge in [-0.1, -0.05) is 12.8 Å². The van der Waals surface area contributed by atoms with Gasteiger partial charge < -0.3 is 10.2 Å². The Morgan fingerprint density at radius 3 is 2.11 bits per heavy atom. The molecule has 2 aliphatic rings. The number of rotatable bonds is 4. The molecule has 0 unspecified atom stereocenters. The van der Waals surface area contributed by atoms with Crippen molar-refractivity contribution in [1.82, 2.24) is 10.2 Å². The van der Waals surface area contributed by atoms with Crippen molar-refractivity contribution < 1.29 is 0 Å². The van der Waals surface area contributed by atoms with Crippen LogP contribution in [0.1, 0.15) is 59.3 Å². The van der Waals surface area contributed by atoms with E-state index in [4.69, 9.17) is 0 Å². The SMILES string of the molecule is CC(C)(C)NCC1CCN(CC2CCCC2)CC1. The molecule has 0 amide bonds. The Balaban J connectivity index is 1.61. The van der Waals surface area contributed by atoms with Crippen molar-refractivity contribution in [3.05, 3.63) is 0 Å². The van der Waals surface area contributed by atoms with Crippen LogP contribution < -0.4 is 5.32 Å². The highest BCUT2D eigenvalue weighted by molar-refractivity contribution is 4.80. The Morgan fingerprint density at radius 2 is 1.56 bits per heavy atom. The van der Waals surface area contributed by atoms with Gasteiger partial charge in [-0.2, -0.15) is 0 Å². The predicted molar refractivity (Wildman–Crippen MR) is 78.9 cm³/mol. The van der Waals surface area contributed by atoms with Crippen molar-refractivity contribution >= 4 is 0 Å². The molecule has 18 heavy (non-hydrogen) atoms. The van der Waals surface area contributed by atoms with Gasteiger partial charge in [0.05, 0.1) is 0 Å². The molecule has 2 rings (SSSR count). The van der Waals surface area contributed by atoms with Crippen LogP contribution in [0.4, 0.5) is 0 Å². The fraction of sp³-hybridized carbons (Fsp3) is 1.00. The van der Waals surface area contributed by atoms with Crippen molar-refractivity contribution in [3.8, 4) is 0 Å². The Bertz CT molecular complexity index is 230. The summed E-state index contributed by atoms with van der Waals surface area (Å²) in [6, 6.07) is 0. The zero-order valence-electron chi connectivity index (χ0n) is 12.7.